The van der Waals surface area contributed by atoms with E-state index in [1.807, 2.05) is 37.3 Å². The van der Waals surface area contributed by atoms with Gasteiger partial charge in [-0.05, 0) is 24.3 Å². The minimum atomic E-state index is -1.19. The number of carbonyl (C=O) groups is 1. The second kappa shape index (κ2) is 4.57. The number of ketones is 1. The molecule has 0 amide bonds. The van der Waals surface area contributed by atoms with E-state index < -0.39 is 5.60 Å². The van der Waals surface area contributed by atoms with Gasteiger partial charge in [-0.2, -0.15) is 0 Å². The van der Waals surface area contributed by atoms with Gasteiger partial charge in [0.05, 0.1) is 0 Å². The third-order valence-electron chi connectivity index (χ3n) is 2.96. The summed E-state index contributed by atoms with van der Waals surface area (Å²) in [4.78, 5) is 11.2. The van der Waals surface area contributed by atoms with E-state index in [0.717, 1.165) is 5.56 Å². The van der Waals surface area contributed by atoms with E-state index in [-0.39, 0.29) is 11.7 Å². The number of carbonyl (C=O) groups excluding carboxylic acids is 1. The molecule has 1 aliphatic carbocycles. The highest BCUT2D eigenvalue weighted by atomic mass is 16.3. The number of rotatable bonds is 0. The topological polar surface area (TPSA) is 37.3 Å². The molecule has 0 aromatic heterocycles. The Kier molecular flexibility index (Phi) is 3.12. The predicted molar refractivity (Wildman–Crippen MR) is 66.2 cm³/mol. The van der Waals surface area contributed by atoms with Crippen molar-refractivity contribution < 1.29 is 9.90 Å². The molecule has 0 unspecified atom stereocenters. The standard InChI is InChI=1S/C15H14O2/c1-12-11-14(16)8-10-15(12,17)9-7-13-5-3-2-4-6-13/h2-6,8,10,12,17H,11H2,1H3/t12-,15+/m0/s1. The molecule has 2 rings (SSSR count). The molecule has 2 nitrogen and oxygen atoms in total. The van der Waals surface area contributed by atoms with Gasteiger partial charge in [0, 0.05) is 17.9 Å². The maximum atomic E-state index is 11.2. The lowest BCUT2D eigenvalue weighted by atomic mass is 9.81. The summed E-state index contributed by atoms with van der Waals surface area (Å²) in [6, 6.07) is 9.49. The first kappa shape index (κ1) is 11.6. The average Bonchev–Trinajstić information content (AvgIpc) is 2.34. The third-order valence-corrected chi connectivity index (χ3v) is 2.96. The zero-order chi connectivity index (χ0) is 12.3. The fraction of sp³-hybridized carbons (Fsp3) is 0.267. The van der Waals surface area contributed by atoms with E-state index in [1.165, 1.54) is 12.2 Å². The summed E-state index contributed by atoms with van der Waals surface area (Å²) in [5.74, 6) is 5.66. The molecule has 0 bridgehead atoms. The highest BCUT2D eigenvalue weighted by molar-refractivity contribution is 5.91. The number of aliphatic hydroxyl groups is 1. The van der Waals surface area contributed by atoms with Crippen LogP contribution in [0.5, 0.6) is 0 Å². The molecule has 2 atom stereocenters. The van der Waals surface area contributed by atoms with Crippen LogP contribution in [0.15, 0.2) is 42.5 Å². The number of hydrogen-bond acceptors (Lipinski definition) is 2. The lowest BCUT2D eigenvalue weighted by Gasteiger charge is -2.28. The van der Waals surface area contributed by atoms with E-state index in [1.54, 1.807) is 0 Å². The number of benzene rings is 1. The first-order valence-corrected chi connectivity index (χ1v) is 5.63. The molecule has 1 aromatic carbocycles. The van der Waals surface area contributed by atoms with Crippen molar-refractivity contribution in [1.29, 1.82) is 0 Å². The number of allylic oxidation sites excluding steroid dienone is 1. The Hall–Kier alpha value is -1.85. The molecule has 0 saturated carbocycles. The van der Waals surface area contributed by atoms with E-state index in [0.29, 0.717) is 6.42 Å². The van der Waals surface area contributed by atoms with Gasteiger partial charge in [0.1, 0.15) is 5.60 Å². The first-order valence-electron chi connectivity index (χ1n) is 5.63. The summed E-state index contributed by atoms with van der Waals surface area (Å²) in [7, 11) is 0. The molecule has 0 radical (unpaired) electrons. The van der Waals surface area contributed by atoms with Gasteiger partial charge in [-0.1, -0.05) is 37.0 Å². The Bertz CT molecular complexity index is 505. The summed E-state index contributed by atoms with van der Waals surface area (Å²) >= 11 is 0. The SMILES string of the molecule is C[C@H]1CC(=O)C=C[C@]1(O)C#Cc1ccccc1. The summed E-state index contributed by atoms with van der Waals surface area (Å²) in [6.07, 6.45) is 3.26. The summed E-state index contributed by atoms with van der Waals surface area (Å²) < 4.78 is 0. The second-order valence-corrected chi connectivity index (χ2v) is 4.35. The highest BCUT2D eigenvalue weighted by Crippen LogP contribution is 2.26. The molecule has 1 N–H and O–H groups in total. The van der Waals surface area contributed by atoms with Crippen molar-refractivity contribution in [2.24, 2.45) is 5.92 Å². The predicted octanol–water partition coefficient (Wildman–Crippen LogP) is 1.93. The van der Waals surface area contributed by atoms with Crippen molar-refractivity contribution in [2.75, 3.05) is 0 Å². The molecule has 17 heavy (non-hydrogen) atoms. The van der Waals surface area contributed by atoms with Crippen LogP contribution in [0.2, 0.25) is 0 Å². The van der Waals surface area contributed by atoms with Crippen LogP contribution in [0, 0.1) is 17.8 Å². The Labute approximate surface area is 101 Å². The zero-order valence-corrected chi connectivity index (χ0v) is 9.68. The van der Waals surface area contributed by atoms with E-state index in [9.17, 15) is 9.90 Å². The maximum Gasteiger partial charge on any atom is 0.155 e. The van der Waals surface area contributed by atoms with Crippen molar-refractivity contribution >= 4 is 5.78 Å². The summed E-state index contributed by atoms with van der Waals surface area (Å²) in [5, 5.41) is 10.3. The lowest BCUT2D eigenvalue weighted by molar-refractivity contribution is -0.117. The van der Waals surface area contributed by atoms with Gasteiger partial charge < -0.3 is 5.11 Å². The van der Waals surface area contributed by atoms with Gasteiger partial charge in [-0.3, -0.25) is 4.79 Å². The lowest BCUT2D eigenvalue weighted by Crippen LogP contribution is -2.36. The van der Waals surface area contributed by atoms with E-state index in [4.69, 9.17) is 0 Å². The Morgan fingerprint density at radius 1 is 1.35 bits per heavy atom. The van der Waals surface area contributed by atoms with Crippen LogP contribution in [0.25, 0.3) is 0 Å². The molecule has 0 aliphatic heterocycles. The Morgan fingerprint density at radius 3 is 2.71 bits per heavy atom. The van der Waals surface area contributed by atoms with Gasteiger partial charge in [-0.15, -0.1) is 0 Å². The van der Waals surface area contributed by atoms with Gasteiger partial charge in [-0.25, -0.2) is 0 Å². The van der Waals surface area contributed by atoms with Gasteiger partial charge in [0.2, 0.25) is 0 Å². The number of hydrogen-bond donors (Lipinski definition) is 1. The molecule has 2 heteroatoms. The fourth-order valence-electron chi connectivity index (χ4n) is 1.77. The monoisotopic (exact) mass is 226 g/mol. The quantitative estimate of drug-likeness (QED) is 0.686. The Morgan fingerprint density at radius 2 is 2.06 bits per heavy atom. The Balaban J connectivity index is 2.27. The highest BCUT2D eigenvalue weighted by Gasteiger charge is 2.33. The molecule has 0 saturated heterocycles. The van der Waals surface area contributed by atoms with E-state index in [2.05, 4.69) is 11.8 Å². The maximum absolute atomic E-state index is 11.2. The van der Waals surface area contributed by atoms with Gasteiger partial charge in [0.15, 0.2) is 5.78 Å². The summed E-state index contributed by atoms with van der Waals surface area (Å²) in [6.45, 7) is 1.83. The smallest absolute Gasteiger partial charge is 0.155 e. The molecular formula is C15H14O2. The van der Waals surface area contributed by atoms with Crippen LogP contribution in [0.1, 0.15) is 18.9 Å². The van der Waals surface area contributed by atoms with Crippen molar-refractivity contribution in [1.82, 2.24) is 0 Å². The average molecular weight is 226 g/mol. The first-order chi connectivity index (χ1) is 8.10. The van der Waals surface area contributed by atoms with Gasteiger partial charge >= 0.3 is 0 Å². The van der Waals surface area contributed by atoms with Crippen molar-refractivity contribution in [2.45, 2.75) is 18.9 Å². The third kappa shape index (κ3) is 2.64. The normalized spacial score (nSPS) is 27.4. The summed E-state index contributed by atoms with van der Waals surface area (Å²) in [5.41, 5.74) is -0.331. The molecule has 1 aromatic rings. The second-order valence-electron chi connectivity index (χ2n) is 4.35. The molecule has 86 valence electrons. The minimum absolute atomic E-state index is 0.0451. The van der Waals surface area contributed by atoms with Crippen LogP contribution in [-0.4, -0.2) is 16.5 Å². The molecular weight excluding hydrogens is 212 g/mol. The van der Waals surface area contributed by atoms with Crippen molar-refractivity contribution in [3.8, 4) is 11.8 Å². The zero-order valence-electron chi connectivity index (χ0n) is 9.68. The molecule has 0 heterocycles. The molecule has 0 fully saturated rings. The van der Waals surface area contributed by atoms with Crippen molar-refractivity contribution in [3.05, 3.63) is 48.0 Å². The van der Waals surface area contributed by atoms with Crippen LogP contribution in [0.3, 0.4) is 0 Å². The molecule has 0 spiro atoms. The van der Waals surface area contributed by atoms with Gasteiger partial charge in [0.25, 0.3) is 0 Å². The van der Waals surface area contributed by atoms with Crippen molar-refractivity contribution in [3.63, 3.8) is 0 Å². The fourth-order valence-corrected chi connectivity index (χ4v) is 1.77. The van der Waals surface area contributed by atoms with Crippen LogP contribution in [0.4, 0.5) is 0 Å². The van der Waals surface area contributed by atoms with Crippen LogP contribution < -0.4 is 0 Å². The van der Waals surface area contributed by atoms with Crippen LogP contribution in [-0.2, 0) is 4.79 Å². The minimum Gasteiger partial charge on any atom is -0.374 e. The largest absolute Gasteiger partial charge is 0.374 e. The van der Waals surface area contributed by atoms with E-state index >= 15 is 0 Å². The molecule has 1 aliphatic rings. The van der Waals surface area contributed by atoms with Crippen LogP contribution >= 0.6 is 0 Å².